The summed E-state index contributed by atoms with van der Waals surface area (Å²) < 4.78 is 13.8. The van der Waals surface area contributed by atoms with Crippen molar-refractivity contribution in [1.29, 1.82) is 0 Å². The fraction of sp³-hybridized carbons (Fsp3) is 0.111. The third kappa shape index (κ3) is 1.73. The summed E-state index contributed by atoms with van der Waals surface area (Å²) in [6, 6.07) is 5.22. The van der Waals surface area contributed by atoms with E-state index in [9.17, 15) is 4.39 Å². The molecule has 68 valence electrons. The molecule has 0 bridgehead atoms. The Bertz CT molecular complexity index is 452. The van der Waals surface area contributed by atoms with Crippen LogP contribution in [0.25, 0.3) is 10.1 Å². The van der Waals surface area contributed by atoms with Gasteiger partial charge in [-0.1, -0.05) is 27.5 Å². The van der Waals surface area contributed by atoms with E-state index in [-0.39, 0.29) is 5.13 Å². The van der Waals surface area contributed by atoms with E-state index in [1.165, 1.54) is 6.07 Å². The Morgan fingerprint density at radius 2 is 2.15 bits per heavy atom. The van der Waals surface area contributed by atoms with Crippen LogP contribution >= 0.6 is 38.9 Å². The Morgan fingerprint density at radius 1 is 1.38 bits per heavy atom. The van der Waals surface area contributed by atoms with E-state index >= 15 is 0 Å². The molecule has 0 aliphatic heterocycles. The minimum atomic E-state index is -0.169. The number of hydrogen-bond donors (Lipinski definition) is 0. The van der Waals surface area contributed by atoms with Gasteiger partial charge in [0.25, 0.3) is 0 Å². The maximum atomic E-state index is 12.9. The van der Waals surface area contributed by atoms with Crippen molar-refractivity contribution in [3.63, 3.8) is 0 Å². The highest BCUT2D eigenvalue weighted by Gasteiger charge is 2.05. The first kappa shape index (κ1) is 9.44. The van der Waals surface area contributed by atoms with Crippen molar-refractivity contribution in [2.24, 2.45) is 0 Å². The van der Waals surface area contributed by atoms with Gasteiger partial charge in [0, 0.05) is 15.1 Å². The molecule has 4 heteroatoms. The largest absolute Gasteiger partial charge is 0.195 e. The van der Waals surface area contributed by atoms with Crippen LogP contribution in [0.15, 0.2) is 18.2 Å². The molecule has 0 saturated carbocycles. The summed E-state index contributed by atoms with van der Waals surface area (Å²) in [4.78, 5) is 0. The van der Waals surface area contributed by atoms with Gasteiger partial charge in [-0.2, -0.15) is 4.39 Å². The highest BCUT2D eigenvalue weighted by atomic mass is 79.9. The Balaban J connectivity index is 2.72. The van der Waals surface area contributed by atoms with Gasteiger partial charge in [0.05, 0.1) is 0 Å². The zero-order chi connectivity index (χ0) is 9.42. The molecule has 0 fully saturated rings. The molecule has 1 aromatic carbocycles. The summed E-state index contributed by atoms with van der Waals surface area (Å²) in [7, 11) is 0. The first-order valence-electron chi connectivity index (χ1n) is 3.64. The number of alkyl halides is 1. The van der Waals surface area contributed by atoms with E-state index in [4.69, 9.17) is 11.6 Å². The second kappa shape index (κ2) is 3.56. The van der Waals surface area contributed by atoms with E-state index in [1.807, 2.05) is 6.07 Å². The number of hydrogen-bond acceptors (Lipinski definition) is 1. The van der Waals surface area contributed by atoms with Crippen LogP contribution < -0.4 is 0 Å². The quantitative estimate of drug-likeness (QED) is 0.670. The second-order valence-electron chi connectivity index (χ2n) is 2.67. The van der Waals surface area contributed by atoms with Crippen LogP contribution in [-0.4, -0.2) is 0 Å². The fourth-order valence-electron chi connectivity index (χ4n) is 1.17. The molecule has 0 aliphatic carbocycles. The Kier molecular flexibility index (Phi) is 2.58. The topological polar surface area (TPSA) is 0 Å². The molecule has 0 amide bonds. The Labute approximate surface area is 92.5 Å². The molecule has 0 radical (unpaired) electrons. The lowest BCUT2D eigenvalue weighted by atomic mass is 10.2. The minimum absolute atomic E-state index is 0.169. The molecule has 2 rings (SSSR count). The van der Waals surface area contributed by atoms with Gasteiger partial charge in [0.15, 0.2) is 5.13 Å². The maximum absolute atomic E-state index is 12.9. The van der Waals surface area contributed by atoms with E-state index in [0.29, 0.717) is 10.4 Å². The molecule has 0 N–H and O–H groups in total. The van der Waals surface area contributed by atoms with Crippen molar-refractivity contribution < 1.29 is 4.39 Å². The molecule has 0 nitrogen and oxygen atoms in total. The van der Waals surface area contributed by atoms with Gasteiger partial charge in [0.1, 0.15) is 0 Å². The van der Waals surface area contributed by atoms with Crippen molar-refractivity contribution in [1.82, 2.24) is 0 Å². The third-order valence-electron chi connectivity index (χ3n) is 1.80. The second-order valence-corrected chi connectivity index (χ2v) is 4.67. The van der Waals surface area contributed by atoms with E-state index in [1.54, 1.807) is 6.07 Å². The summed E-state index contributed by atoms with van der Waals surface area (Å²) in [5, 5.41) is 2.08. The first-order valence-corrected chi connectivity index (χ1v) is 5.96. The molecule has 0 saturated heterocycles. The third-order valence-corrected chi connectivity index (χ3v) is 3.64. The lowest BCUT2D eigenvalue weighted by molar-refractivity contribution is 0.658. The van der Waals surface area contributed by atoms with Crippen LogP contribution in [0, 0.1) is 5.13 Å². The van der Waals surface area contributed by atoms with Crippen molar-refractivity contribution in [3.05, 3.63) is 33.9 Å². The predicted molar refractivity (Wildman–Crippen MR) is 59.4 cm³/mol. The van der Waals surface area contributed by atoms with Gasteiger partial charge in [-0.25, -0.2) is 0 Å². The van der Waals surface area contributed by atoms with Crippen LogP contribution in [0.5, 0.6) is 0 Å². The molecule has 0 aliphatic rings. The zero-order valence-electron chi connectivity index (χ0n) is 6.48. The molecule has 2 aromatic rings. The van der Waals surface area contributed by atoms with E-state index < -0.39 is 0 Å². The van der Waals surface area contributed by atoms with Crippen molar-refractivity contribution in [2.75, 3.05) is 0 Å². The highest BCUT2D eigenvalue weighted by Crippen LogP contribution is 2.30. The summed E-state index contributed by atoms with van der Waals surface area (Å²) >= 11 is 10.4. The summed E-state index contributed by atoms with van der Waals surface area (Å²) in [5.41, 5.74) is 0.996. The lowest BCUT2D eigenvalue weighted by Crippen LogP contribution is -1.77. The highest BCUT2D eigenvalue weighted by molar-refractivity contribution is 9.08. The monoisotopic (exact) mass is 278 g/mol. The van der Waals surface area contributed by atoms with Crippen molar-refractivity contribution in [2.45, 2.75) is 5.33 Å². The number of benzene rings is 1. The molecule has 0 atom stereocenters. The van der Waals surface area contributed by atoms with E-state index in [2.05, 4.69) is 15.9 Å². The SMILES string of the molecule is Fc1cc2cc(Cl)c(CBr)cc2s1. The minimum Gasteiger partial charge on any atom is -0.195 e. The molecular formula is C9H5BrClFS. The van der Waals surface area contributed by atoms with Crippen LogP contribution in [0.3, 0.4) is 0 Å². The van der Waals surface area contributed by atoms with Gasteiger partial charge in [-0.05, 0) is 29.1 Å². The average molecular weight is 280 g/mol. The van der Waals surface area contributed by atoms with Gasteiger partial charge >= 0.3 is 0 Å². The molecular weight excluding hydrogens is 275 g/mol. The predicted octanol–water partition coefficient (Wildman–Crippen LogP) is 4.59. The lowest BCUT2D eigenvalue weighted by Gasteiger charge is -1.98. The fourth-order valence-corrected chi connectivity index (χ4v) is 2.87. The first-order chi connectivity index (χ1) is 6.20. The number of rotatable bonds is 1. The maximum Gasteiger partial charge on any atom is 0.177 e. The normalized spacial score (nSPS) is 11.0. The molecule has 1 heterocycles. The van der Waals surface area contributed by atoms with Gasteiger partial charge in [-0.3, -0.25) is 0 Å². The Morgan fingerprint density at radius 3 is 2.85 bits per heavy atom. The van der Waals surface area contributed by atoms with Crippen molar-refractivity contribution in [3.8, 4) is 0 Å². The standard InChI is InChI=1S/C9H5BrClFS/c10-4-6-2-8-5(1-7(6)11)3-9(12)13-8/h1-3H,4H2. The van der Waals surface area contributed by atoms with Crippen LogP contribution in [0.2, 0.25) is 5.02 Å². The van der Waals surface area contributed by atoms with E-state index in [0.717, 1.165) is 27.0 Å². The van der Waals surface area contributed by atoms with Crippen molar-refractivity contribution >= 4 is 49.0 Å². The zero-order valence-corrected chi connectivity index (χ0v) is 9.64. The van der Waals surface area contributed by atoms with Gasteiger partial charge < -0.3 is 0 Å². The molecule has 0 spiro atoms. The molecule has 1 aromatic heterocycles. The summed E-state index contributed by atoms with van der Waals surface area (Å²) in [6.45, 7) is 0. The smallest absolute Gasteiger partial charge is 0.177 e. The van der Waals surface area contributed by atoms with Crippen LogP contribution in [0.4, 0.5) is 4.39 Å². The summed E-state index contributed by atoms with van der Waals surface area (Å²) in [5.74, 6) is 0. The Hall–Kier alpha value is -0.120. The molecule has 0 unspecified atom stereocenters. The summed E-state index contributed by atoms with van der Waals surface area (Å²) in [6.07, 6.45) is 0. The average Bonchev–Trinajstić information content (AvgIpc) is 2.42. The van der Waals surface area contributed by atoms with Gasteiger partial charge in [-0.15, -0.1) is 11.3 Å². The number of thiophene rings is 1. The number of halogens is 3. The van der Waals surface area contributed by atoms with Crippen LogP contribution in [-0.2, 0) is 5.33 Å². The molecule has 13 heavy (non-hydrogen) atoms. The van der Waals surface area contributed by atoms with Crippen LogP contribution in [0.1, 0.15) is 5.56 Å². The van der Waals surface area contributed by atoms with Gasteiger partial charge in [0.2, 0.25) is 0 Å². The number of fused-ring (bicyclic) bond motifs is 1.